The molecule has 0 aromatic carbocycles. The van der Waals surface area contributed by atoms with Crippen molar-refractivity contribution in [1.82, 2.24) is 0 Å². The number of alkyl halides is 2. The maximum absolute atomic E-state index is 6.30. The van der Waals surface area contributed by atoms with Gasteiger partial charge in [0.15, 0.2) is 0 Å². The smallest absolute Gasteiger partial charge is 0.0294 e. The first-order valence-corrected chi connectivity index (χ1v) is 9.48. The van der Waals surface area contributed by atoms with Crippen molar-refractivity contribution in [3.8, 4) is 0 Å². The van der Waals surface area contributed by atoms with Gasteiger partial charge in [-0.2, -0.15) is 0 Å². The Bertz CT molecular complexity index is 205. The van der Waals surface area contributed by atoms with Crippen LogP contribution in [0.15, 0.2) is 0 Å². The Kier molecular flexibility index (Phi) is 9.58. The summed E-state index contributed by atoms with van der Waals surface area (Å²) in [5.74, 6) is 2.32. The Morgan fingerprint density at radius 1 is 0.842 bits per heavy atom. The molecule has 1 aliphatic rings. The molecule has 0 aromatic heterocycles. The monoisotopic (exact) mass is 306 g/mol. The van der Waals surface area contributed by atoms with Crippen molar-refractivity contribution >= 4 is 23.2 Å². The van der Waals surface area contributed by atoms with E-state index in [0.29, 0.717) is 0 Å². The van der Waals surface area contributed by atoms with Crippen molar-refractivity contribution in [2.24, 2.45) is 11.3 Å². The van der Waals surface area contributed by atoms with Crippen LogP contribution in [0.5, 0.6) is 0 Å². The third kappa shape index (κ3) is 5.84. The van der Waals surface area contributed by atoms with Gasteiger partial charge >= 0.3 is 0 Å². The minimum atomic E-state index is 0.239. The molecule has 1 saturated carbocycles. The molecule has 1 fully saturated rings. The van der Waals surface area contributed by atoms with Crippen molar-refractivity contribution in [3.63, 3.8) is 0 Å². The van der Waals surface area contributed by atoms with Crippen LogP contribution in [0.25, 0.3) is 0 Å². The molecule has 0 aromatic rings. The van der Waals surface area contributed by atoms with Gasteiger partial charge in [0.1, 0.15) is 0 Å². The molecule has 114 valence electrons. The number of hydrogen-bond acceptors (Lipinski definition) is 0. The fraction of sp³-hybridized carbons (Fsp3) is 1.00. The summed E-state index contributed by atoms with van der Waals surface area (Å²) < 4.78 is 0. The molecule has 1 aliphatic carbocycles. The zero-order valence-corrected chi connectivity index (χ0v) is 14.2. The third-order valence-electron chi connectivity index (χ3n) is 5.03. The molecule has 0 nitrogen and oxygen atoms in total. The van der Waals surface area contributed by atoms with Gasteiger partial charge in [0, 0.05) is 17.2 Å². The van der Waals surface area contributed by atoms with Crippen molar-refractivity contribution in [1.29, 1.82) is 0 Å². The second-order valence-corrected chi connectivity index (χ2v) is 7.02. The van der Waals surface area contributed by atoms with Gasteiger partial charge in [-0.25, -0.2) is 0 Å². The minimum Gasteiger partial charge on any atom is -0.126 e. The van der Waals surface area contributed by atoms with E-state index in [4.69, 9.17) is 23.2 Å². The van der Waals surface area contributed by atoms with Crippen LogP contribution < -0.4 is 0 Å². The topological polar surface area (TPSA) is 0 Å². The van der Waals surface area contributed by atoms with E-state index in [2.05, 4.69) is 6.92 Å². The lowest BCUT2D eigenvalue weighted by Gasteiger charge is -2.36. The fourth-order valence-electron chi connectivity index (χ4n) is 3.56. The van der Waals surface area contributed by atoms with Crippen molar-refractivity contribution in [2.75, 3.05) is 11.8 Å². The molecule has 0 spiro atoms. The maximum atomic E-state index is 6.30. The molecule has 19 heavy (non-hydrogen) atoms. The molecule has 1 rings (SSSR count). The van der Waals surface area contributed by atoms with Gasteiger partial charge in [-0.1, -0.05) is 64.7 Å². The Balaban J connectivity index is 2.22. The number of halogens is 2. The standard InChI is InChI=1S/C17H32Cl2/c1-2-3-4-5-6-7-10-13-17(14-18,15-19)16-11-8-9-12-16/h16H,2-15H2,1H3. The van der Waals surface area contributed by atoms with E-state index in [0.717, 1.165) is 17.7 Å². The van der Waals surface area contributed by atoms with Crippen LogP contribution in [0.2, 0.25) is 0 Å². The highest BCUT2D eigenvalue weighted by Gasteiger charge is 2.38. The van der Waals surface area contributed by atoms with E-state index >= 15 is 0 Å². The minimum absolute atomic E-state index is 0.239. The first-order valence-electron chi connectivity index (χ1n) is 8.41. The number of rotatable bonds is 11. The molecular formula is C17H32Cl2. The van der Waals surface area contributed by atoms with Gasteiger partial charge in [0.05, 0.1) is 0 Å². The van der Waals surface area contributed by atoms with E-state index < -0.39 is 0 Å². The lowest BCUT2D eigenvalue weighted by molar-refractivity contribution is 0.201. The van der Waals surface area contributed by atoms with Gasteiger partial charge in [-0.05, 0) is 25.2 Å². The Morgan fingerprint density at radius 3 is 1.89 bits per heavy atom. The summed E-state index contributed by atoms with van der Waals surface area (Å²) in [4.78, 5) is 0. The highest BCUT2D eigenvalue weighted by Crippen LogP contribution is 2.45. The van der Waals surface area contributed by atoms with Crippen molar-refractivity contribution < 1.29 is 0 Å². The summed E-state index contributed by atoms with van der Waals surface area (Å²) in [6.07, 6.45) is 16.4. The Hall–Kier alpha value is 0.580. The summed E-state index contributed by atoms with van der Waals surface area (Å²) in [5.41, 5.74) is 0.239. The van der Waals surface area contributed by atoms with Crippen molar-refractivity contribution in [3.05, 3.63) is 0 Å². The molecule has 2 heteroatoms. The molecule has 0 radical (unpaired) electrons. The van der Waals surface area contributed by atoms with Crippen LogP contribution in [0.3, 0.4) is 0 Å². The number of unbranched alkanes of at least 4 members (excludes halogenated alkanes) is 6. The van der Waals surface area contributed by atoms with E-state index in [1.54, 1.807) is 0 Å². The normalized spacial score (nSPS) is 17.2. The first kappa shape index (κ1) is 17.6. The second-order valence-electron chi connectivity index (χ2n) is 6.48. The summed E-state index contributed by atoms with van der Waals surface area (Å²) in [5, 5.41) is 0. The quantitative estimate of drug-likeness (QED) is 0.291. The molecule has 0 amide bonds. The lowest BCUT2D eigenvalue weighted by atomic mass is 9.73. The molecule has 0 unspecified atom stereocenters. The van der Waals surface area contributed by atoms with Gasteiger partial charge < -0.3 is 0 Å². The molecule has 0 bridgehead atoms. The highest BCUT2D eigenvalue weighted by molar-refractivity contribution is 6.21. The molecule has 0 atom stereocenters. The van der Waals surface area contributed by atoms with Crippen LogP contribution in [-0.2, 0) is 0 Å². The van der Waals surface area contributed by atoms with Crippen LogP contribution in [-0.4, -0.2) is 11.8 Å². The van der Waals surface area contributed by atoms with Gasteiger partial charge in [-0.15, -0.1) is 23.2 Å². The van der Waals surface area contributed by atoms with Crippen LogP contribution >= 0.6 is 23.2 Å². The van der Waals surface area contributed by atoms with E-state index in [1.807, 2.05) is 0 Å². The van der Waals surface area contributed by atoms with E-state index in [-0.39, 0.29) is 5.41 Å². The summed E-state index contributed by atoms with van der Waals surface area (Å²) in [6.45, 7) is 2.27. The van der Waals surface area contributed by atoms with E-state index in [9.17, 15) is 0 Å². The molecule has 0 N–H and O–H groups in total. The Morgan fingerprint density at radius 2 is 1.37 bits per heavy atom. The molecule has 0 aliphatic heterocycles. The predicted octanol–water partition coefficient (Wildman–Crippen LogP) is 6.78. The van der Waals surface area contributed by atoms with Crippen LogP contribution in [0.4, 0.5) is 0 Å². The average Bonchev–Trinajstić information content (AvgIpc) is 2.97. The molecule has 0 heterocycles. The van der Waals surface area contributed by atoms with Gasteiger partial charge in [-0.3, -0.25) is 0 Å². The third-order valence-corrected chi connectivity index (χ3v) is 6.10. The summed E-state index contributed by atoms with van der Waals surface area (Å²) in [7, 11) is 0. The van der Waals surface area contributed by atoms with Crippen LogP contribution in [0, 0.1) is 11.3 Å². The number of hydrogen-bond donors (Lipinski definition) is 0. The molecule has 0 saturated heterocycles. The highest BCUT2D eigenvalue weighted by atomic mass is 35.5. The van der Waals surface area contributed by atoms with Crippen LogP contribution in [0.1, 0.15) is 84.0 Å². The largest absolute Gasteiger partial charge is 0.126 e. The lowest BCUT2D eigenvalue weighted by Crippen LogP contribution is -2.33. The maximum Gasteiger partial charge on any atom is 0.0294 e. The second kappa shape index (κ2) is 10.3. The fourth-order valence-corrected chi connectivity index (χ4v) is 4.55. The Labute approximate surface area is 130 Å². The average molecular weight is 307 g/mol. The zero-order valence-electron chi connectivity index (χ0n) is 12.7. The van der Waals surface area contributed by atoms with Crippen molar-refractivity contribution in [2.45, 2.75) is 84.0 Å². The zero-order chi connectivity index (χ0) is 14.0. The predicted molar refractivity (Wildman–Crippen MR) is 88.4 cm³/mol. The summed E-state index contributed by atoms with van der Waals surface area (Å²) >= 11 is 12.6. The van der Waals surface area contributed by atoms with E-state index in [1.165, 1.54) is 77.0 Å². The van der Waals surface area contributed by atoms with Gasteiger partial charge in [0.25, 0.3) is 0 Å². The van der Waals surface area contributed by atoms with Gasteiger partial charge in [0.2, 0.25) is 0 Å². The molecular weight excluding hydrogens is 275 g/mol. The SMILES string of the molecule is CCCCCCCCCC(CCl)(CCl)C1CCCC1. The first-order chi connectivity index (χ1) is 9.29. The summed E-state index contributed by atoms with van der Waals surface area (Å²) in [6, 6.07) is 0.